The first-order valence-electron chi connectivity index (χ1n) is 13.8. The van der Waals surface area contributed by atoms with Gasteiger partial charge in [-0.2, -0.15) is 0 Å². The minimum atomic E-state index is -0.601. The minimum Gasteiger partial charge on any atom is -0.489 e. The molecular weight excluding hydrogens is 480 g/mol. The lowest BCUT2D eigenvalue weighted by atomic mass is 9.84. The lowest BCUT2D eigenvalue weighted by molar-refractivity contribution is -0.136. The average molecular weight is 513 g/mol. The lowest BCUT2D eigenvalue weighted by Crippen LogP contribution is -2.56. The Balaban J connectivity index is 1.03. The van der Waals surface area contributed by atoms with Crippen LogP contribution in [0.1, 0.15) is 65.9 Å². The Bertz CT molecular complexity index is 1420. The molecule has 3 aliphatic heterocycles. The molecule has 4 aliphatic rings. The number of aromatic amines is 1. The topological polar surface area (TPSA) is 94.7 Å². The zero-order valence-corrected chi connectivity index (χ0v) is 21.3. The number of ether oxygens (including phenoxy) is 1. The van der Waals surface area contributed by atoms with E-state index < -0.39 is 6.04 Å². The number of amides is 3. The van der Waals surface area contributed by atoms with E-state index in [-0.39, 0.29) is 30.2 Å². The van der Waals surface area contributed by atoms with Crippen LogP contribution in [0, 0.1) is 0 Å². The summed E-state index contributed by atoms with van der Waals surface area (Å²) in [7, 11) is 0. The van der Waals surface area contributed by atoms with E-state index in [0.29, 0.717) is 30.5 Å². The van der Waals surface area contributed by atoms with E-state index in [2.05, 4.69) is 45.7 Å². The number of piperidine rings is 1. The minimum absolute atomic E-state index is 0.120. The first-order chi connectivity index (χ1) is 18.5. The van der Waals surface area contributed by atoms with Crippen molar-refractivity contribution < 1.29 is 19.1 Å². The standard InChI is InChI=1S/C30H32N4O4/c35-28-12-11-26(29(36)32-28)34-17-18-13-20(9-10-21(18)30(34)37)38-27-8-4-3-7-25(27)33-15-19(16-33)23-14-31-24-6-2-1-5-22(23)24/h1-2,5-6,9-10,13-14,19,25-27,31H,3-4,7-8,11-12,15-17H2,(H,32,35,36)/t25-,26?,27-/m0/s1. The summed E-state index contributed by atoms with van der Waals surface area (Å²) in [5.74, 6) is 0.512. The molecule has 1 aromatic heterocycles. The van der Waals surface area contributed by atoms with Crippen LogP contribution in [0.4, 0.5) is 0 Å². The van der Waals surface area contributed by atoms with Gasteiger partial charge in [-0.3, -0.25) is 24.6 Å². The summed E-state index contributed by atoms with van der Waals surface area (Å²) >= 11 is 0. The molecule has 38 heavy (non-hydrogen) atoms. The molecule has 2 N–H and O–H groups in total. The average Bonchev–Trinajstić information content (AvgIpc) is 3.45. The van der Waals surface area contributed by atoms with Crippen molar-refractivity contribution in [2.75, 3.05) is 13.1 Å². The number of nitrogens with one attached hydrogen (secondary N) is 2. The predicted molar refractivity (Wildman–Crippen MR) is 142 cm³/mol. The smallest absolute Gasteiger partial charge is 0.255 e. The maximum absolute atomic E-state index is 13.0. The highest BCUT2D eigenvalue weighted by molar-refractivity contribution is 6.05. The van der Waals surface area contributed by atoms with Crippen LogP contribution in [0.15, 0.2) is 48.7 Å². The number of rotatable bonds is 5. The maximum atomic E-state index is 13.0. The molecule has 0 bridgehead atoms. The van der Waals surface area contributed by atoms with Gasteiger partial charge in [0.2, 0.25) is 11.8 Å². The molecule has 2 saturated heterocycles. The van der Waals surface area contributed by atoms with Crippen LogP contribution < -0.4 is 10.1 Å². The number of para-hydroxylation sites is 1. The predicted octanol–water partition coefficient (Wildman–Crippen LogP) is 3.72. The van der Waals surface area contributed by atoms with Crippen LogP contribution in [0.3, 0.4) is 0 Å². The number of H-pyrrole nitrogens is 1. The number of fused-ring (bicyclic) bond motifs is 2. The van der Waals surface area contributed by atoms with Gasteiger partial charge in [-0.05, 0) is 61.1 Å². The Morgan fingerprint density at radius 3 is 2.66 bits per heavy atom. The Labute approximate surface area is 221 Å². The van der Waals surface area contributed by atoms with Crippen molar-refractivity contribution in [3.63, 3.8) is 0 Å². The second kappa shape index (κ2) is 9.27. The van der Waals surface area contributed by atoms with Crippen LogP contribution in [0.5, 0.6) is 5.75 Å². The zero-order valence-electron chi connectivity index (χ0n) is 21.3. The number of aromatic nitrogens is 1. The van der Waals surface area contributed by atoms with Crippen molar-refractivity contribution in [2.24, 2.45) is 0 Å². The highest BCUT2D eigenvalue weighted by atomic mass is 16.5. The SMILES string of the molecule is O=C1CCC(N2Cc3cc(O[C@H]4CCCC[C@@H]4N4CC(c5c[nH]c6ccccc56)C4)ccc3C2=O)C(=O)N1. The number of hydrogen-bond donors (Lipinski definition) is 2. The van der Waals surface area contributed by atoms with Gasteiger partial charge in [-0.1, -0.05) is 24.6 Å². The van der Waals surface area contributed by atoms with Crippen molar-refractivity contribution in [3.8, 4) is 5.75 Å². The molecule has 3 amide bonds. The summed E-state index contributed by atoms with van der Waals surface area (Å²) < 4.78 is 6.60. The van der Waals surface area contributed by atoms with Crippen LogP contribution in [-0.2, 0) is 16.1 Å². The van der Waals surface area contributed by atoms with Gasteiger partial charge in [0.1, 0.15) is 17.9 Å². The molecule has 3 aromatic rings. The van der Waals surface area contributed by atoms with Gasteiger partial charge < -0.3 is 14.6 Å². The number of hydrogen-bond acceptors (Lipinski definition) is 5. The molecule has 3 fully saturated rings. The van der Waals surface area contributed by atoms with Crippen molar-refractivity contribution >= 4 is 28.6 Å². The summed E-state index contributed by atoms with van der Waals surface area (Å²) in [6.45, 7) is 2.46. The third kappa shape index (κ3) is 3.98. The molecule has 7 rings (SSSR count). The molecule has 196 valence electrons. The number of likely N-dealkylation sites (tertiary alicyclic amines) is 1. The van der Waals surface area contributed by atoms with E-state index >= 15 is 0 Å². The lowest BCUT2D eigenvalue weighted by Gasteiger charge is -2.48. The number of carbonyl (C=O) groups excluding carboxylic acids is 3. The van der Waals surface area contributed by atoms with Gasteiger partial charge >= 0.3 is 0 Å². The van der Waals surface area contributed by atoms with E-state index in [1.165, 1.54) is 22.9 Å². The molecule has 2 aromatic carbocycles. The van der Waals surface area contributed by atoms with E-state index in [4.69, 9.17) is 4.74 Å². The summed E-state index contributed by atoms with van der Waals surface area (Å²) in [4.78, 5) is 44.5. The zero-order chi connectivity index (χ0) is 25.8. The number of nitrogens with zero attached hydrogens (tertiary/aromatic N) is 2. The maximum Gasteiger partial charge on any atom is 0.255 e. The quantitative estimate of drug-likeness (QED) is 0.508. The van der Waals surface area contributed by atoms with E-state index in [1.807, 2.05) is 18.2 Å². The van der Waals surface area contributed by atoms with Crippen LogP contribution in [0.2, 0.25) is 0 Å². The van der Waals surface area contributed by atoms with Gasteiger partial charge in [-0.15, -0.1) is 0 Å². The van der Waals surface area contributed by atoms with Crippen molar-refractivity contribution in [1.29, 1.82) is 0 Å². The van der Waals surface area contributed by atoms with Gasteiger partial charge in [0.15, 0.2) is 0 Å². The second-order valence-corrected chi connectivity index (χ2v) is 11.2. The van der Waals surface area contributed by atoms with Crippen molar-refractivity contribution in [3.05, 3.63) is 65.4 Å². The fraction of sp³-hybridized carbons (Fsp3) is 0.433. The van der Waals surface area contributed by atoms with Gasteiger partial charge in [0, 0.05) is 60.7 Å². The van der Waals surface area contributed by atoms with E-state index in [9.17, 15) is 14.4 Å². The highest BCUT2D eigenvalue weighted by Crippen LogP contribution is 2.38. The summed E-state index contributed by atoms with van der Waals surface area (Å²) in [6.07, 6.45) is 7.46. The molecule has 8 heteroatoms. The number of imide groups is 1. The first kappa shape index (κ1) is 23.5. The van der Waals surface area contributed by atoms with Crippen LogP contribution in [-0.4, -0.2) is 63.8 Å². The molecule has 1 aliphatic carbocycles. The third-order valence-corrected chi connectivity index (χ3v) is 8.89. The molecule has 0 spiro atoms. The summed E-state index contributed by atoms with van der Waals surface area (Å²) in [6, 6.07) is 14.0. The van der Waals surface area contributed by atoms with Crippen LogP contribution >= 0.6 is 0 Å². The van der Waals surface area contributed by atoms with E-state index in [1.54, 1.807) is 4.90 Å². The van der Waals surface area contributed by atoms with Gasteiger partial charge in [0.25, 0.3) is 5.91 Å². The Kier molecular flexibility index (Phi) is 5.73. The van der Waals surface area contributed by atoms with E-state index in [0.717, 1.165) is 43.7 Å². The third-order valence-electron chi connectivity index (χ3n) is 8.89. The molecule has 3 atom stereocenters. The highest BCUT2D eigenvalue weighted by Gasteiger charge is 2.41. The normalized spacial score (nSPS) is 26.4. The summed E-state index contributed by atoms with van der Waals surface area (Å²) in [5.41, 5.74) is 4.11. The molecular formula is C30H32N4O4. The second-order valence-electron chi connectivity index (χ2n) is 11.2. The molecule has 0 radical (unpaired) electrons. The monoisotopic (exact) mass is 512 g/mol. The molecule has 4 heterocycles. The molecule has 8 nitrogen and oxygen atoms in total. The molecule has 1 unspecified atom stereocenters. The number of benzene rings is 2. The largest absolute Gasteiger partial charge is 0.489 e. The Morgan fingerprint density at radius 2 is 1.79 bits per heavy atom. The summed E-state index contributed by atoms with van der Waals surface area (Å²) in [5, 5.41) is 3.69. The Morgan fingerprint density at radius 1 is 0.947 bits per heavy atom. The Hall–Kier alpha value is -3.65. The number of carbonyl (C=O) groups is 3. The van der Waals surface area contributed by atoms with Crippen molar-refractivity contribution in [1.82, 2.24) is 20.1 Å². The van der Waals surface area contributed by atoms with Crippen molar-refractivity contribution in [2.45, 2.75) is 69.2 Å². The fourth-order valence-corrected chi connectivity index (χ4v) is 6.84. The first-order valence-corrected chi connectivity index (χ1v) is 13.8. The van der Waals surface area contributed by atoms with Crippen LogP contribution in [0.25, 0.3) is 10.9 Å². The molecule has 1 saturated carbocycles. The fourth-order valence-electron chi connectivity index (χ4n) is 6.84. The van der Waals surface area contributed by atoms with Gasteiger partial charge in [0.05, 0.1) is 0 Å². The van der Waals surface area contributed by atoms with Gasteiger partial charge in [-0.25, -0.2) is 0 Å².